The number of halogens is 1. The van der Waals surface area contributed by atoms with E-state index in [1.165, 1.54) is 0 Å². The van der Waals surface area contributed by atoms with Crippen molar-refractivity contribution in [3.05, 3.63) is 64.1 Å². The molecule has 2 aromatic heterocycles. The highest BCUT2D eigenvalue weighted by Crippen LogP contribution is 2.24. The molecule has 1 aromatic carbocycles. The second-order valence-corrected chi connectivity index (χ2v) is 7.00. The predicted octanol–water partition coefficient (Wildman–Crippen LogP) is 3.84. The van der Waals surface area contributed by atoms with E-state index in [0.717, 1.165) is 22.6 Å². The minimum atomic E-state index is -0.101. The molecular weight excluding hydrogens is 362 g/mol. The number of nitrogens with zero attached hydrogens (tertiary/aromatic N) is 3. The van der Waals surface area contributed by atoms with Crippen molar-refractivity contribution < 1.29 is 4.79 Å². The van der Waals surface area contributed by atoms with E-state index in [0.29, 0.717) is 22.7 Å². The van der Waals surface area contributed by atoms with E-state index in [2.05, 4.69) is 15.4 Å². The van der Waals surface area contributed by atoms with Gasteiger partial charge in [-0.25, -0.2) is 0 Å². The normalized spacial score (nSPS) is 11.8. The molecule has 0 aliphatic heterocycles. The third-order valence-corrected chi connectivity index (χ3v) is 4.57. The van der Waals surface area contributed by atoms with Crippen LogP contribution in [0.25, 0.3) is 11.3 Å². The average Bonchev–Trinajstić information content (AvgIpc) is 3.20. The van der Waals surface area contributed by atoms with Gasteiger partial charge in [-0.15, -0.1) is 0 Å². The summed E-state index contributed by atoms with van der Waals surface area (Å²) in [5.74, 6) is -0.101. The van der Waals surface area contributed by atoms with Gasteiger partial charge in [0.2, 0.25) is 0 Å². The van der Waals surface area contributed by atoms with E-state index >= 15 is 0 Å². The van der Waals surface area contributed by atoms with E-state index in [-0.39, 0.29) is 11.9 Å². The van der Waals surface area contributed by atoms with Crippen molar-refractivity contribution in [2.75, 3.05) is 0 Å². The smallest absolute Gasteiger partial charge is 0.253 e. The summed E-state index contributed by atoms with van der Waals surface area (Å²) >= 11 is 6.09. The molecule has 3 aromatic rings. The van der Waals surface area contributed by atoms with Crippen LogP contribution in [0.4, 0.5) is 0 Å². The van der Waals surface area contributed by atoms with Gasteiger partial charge in [-0.05, 0) is 45.0 Å². The van der Waals surface area contributed by atoms with Gasteiger partial charge in [0.25, 0.3) is 5.91 Å². The number of nitrogens with one attached hydrogen (secondary N) is 2. The lowest BCUT2D eigenvalue weighted by atomic mass is 10.1. The van der Waals surface area contributed by atoms with Crippen molar-refractivity contribution >= 4 is 17.5 Å². The fraction of sp³-hybridized carbons (Fsp3) is 0.250. The molecule has 0 aliphatic carbocycles. The van der Waals surface area contributed by atoms with Crippen molar-refractivity contribution in [1.82, 2.24) is 20.1 Å². The summed E-state index contributed by atoms with van der Waals surface area (Å²) in [7, 11) is 0. The first-order valence-corrected chi connectivity index (χ1v) is 8.95. The highest BCUT2D eigenvalue weighted by molar-refractivity contribution is 6.32. The molecule has 0 saturated carbocycles. The van der Waals surface area contributed by atoms with Gasteiger partial charge < -0.3 is 10.3 Å². The number of amides is 1. The Morgan fingerprint density at radius 3 is 2.78 bits per heavy atom. The SMILES string of the molecule is Cc1cc(C(=O)N[C@H](C)Cn2ccc(-c3ccc(C#N)c(Cl)c3)n2)c(C)[nH]1. The lowest BCUT2D eigenvalue weighted by Gasteiger charge is -2.14. The monoisotopic (exact) mass is 381 g/mol. The first-order chi connectivity index (χ1) is 12.9. The van der Waals surface area contributed by atoms with Gasteiger partial charge in [-0.1, -0.05) is 17.7 Å². The van der Waals surface area contributed by atoms with Crippen LogP contribution >= 0.6 is 11.6 Å². The van der Waals surface area contributed by atoms with E-state index < -0.39 is 0 Å². The number of aromatic nitrogens is 3. The van der Waals surface area contributed by atoms with Gasteiger partial charge in [0.15, 0.2) is 0 Å². The van der Waals surface area contributed by atoms with Crippen LogP contribution in [-0.4, -0.2) is 26.7 Å². The van der Waals surface area contributed by atoms with Gasteiger partial charge in [0, 0.05) is 29.2 Å². The van der Waals surface area contributed by atoms with Crippen LogP contribution < -0.4 is 5.32 Å². The number of benzene rings is 1. The van der Waals surface area contributed by atoms with Crippen LogP contribution in [0.5, 0.6) is 0 Å². The predicted molar refractivity (Wildman–Crippen MR) is 105 cm³/mol. The summed E-state index contributed by atoms with van der Waals surface area (Å²) in [6, 6.07) is 10.9. The lowest BCUT2D eigenvalue weighted by Crippen LogP contribution is -2.36. The largest absolute Gasteiger partial charge is 0.362 e. The molecule has 0 spiro atoms. The van der Waals surface area contributed by atoms with E-state index in [1.807, 2.05) is 51.2 Å². The van der Waals surface area contributed by atoms with Gasteiger partial charge in [-0.3, -0.25) is 9.48 Å². The average molecular weight is 382 g/mol. The number of hydrogen-bond acceptors (Lipinski definition) is 3. The molecule has 0 aliphatic rings. The number of nitriles is 1. The zero-order chi connectivity index (χ0) is 19.6. The fourth-order valence-corrected chi connectivity index (χ4v) is 3.19. The van der Waals surface area contributed by atoms with Gasteiger partial charge in [0.1, 0.15) is 6.07 Å². The molecular formula is C20H20ClN5O. The Morgan fingerprint density at radius 2 is 2.15 bits per heavy atom. The van der Waals surface area contributed by atoms with Gasteiger partial charge in [0.05, 0.1) is 28.4 Å². The van der Waals surface area contributed by atoms with Crippen molar-refractivity contribution in [2.45, 2.75) is 33.4 Å². The van der Waals surface area contributed by atoms with Crippen LogP contribution in [0.3, 0.4) is 0 Å². The minimum absolute atomic E-state index is 0.0931. The molecule has 27 heavy (non-hydrogen) atoms. The van der Waals surface area contributed by atoms with Crippen LogP contribution in [0.1, 0.15) is 34.2 Å². The number of aryl methyl sites for hydroxylation is 2. The summed E-state index contributed by atoms with van der Waals surface area (Å²) in [4.78, 5) is 15.5. The molecule has 138 valence electrons. The van der Waals surface area contributed by atoms with Crippen molar-refractivity contribution in [1.29, 1.82) is 5.26 Å². The zero-order valence-corrected chi connectivity index (χ0v) is 16.1. The molecule has 0 bridgehead atoms. The molecule has 2 heterocycles. The Balaban J connectivity index is 1.67. The molecule has 0 saturated heterocycles. The number of carbonyl (C=O) groups is 1. The zero-order valence-electron chi connectivity index (χ0n) is 15.4. The molecule has 0 unspecified atom stereocenters. The topological polar surface area (TPSA) is 86.5 Å². The van der Waals surface area contributed by atoms with E-state index in [4.69, 9.17) is 16.9 Å². The second kappa shape index (κ2) is 7.68. The van der Waals surface area contributed by atoms with E-state index in [9.17, 15) is 4.79 Å². The van der Waals surface area contributed by atoms with E-state index in [1.54, 1.807) is 16.8 Å². The number of hydrogen-bond donors (Lipinski definition) is 2. The first-order valence-electron chi connectivity index (χ1n) is 8.58. The molecule has 0 radical (unpaired) electrons. The summed E-state index contributed by atoms with van der Waals surface area (Å²) in [6.45, 7) is 6.29. The Bertz CT molecular complexity index is 1030. The number of aromatic amines is 1. The Kier molecular flexibility index (Phi) is 5.33. The van der Waals surface area contributed by atoms with Crippen LogP contribution in [-0.2, 0) is 6.54 Å². The molecule has 7 heteroatoms. The van der Waals surface area contributed by atoms with Crippen LogP contribution in [0, 0.1) is 25.2 Å². The summed E-state index contributed by atoms with van der Waals surface area (Å²) in [5.41, 5.74) is 4.52. The van der Waals surface area contributed by atoms with Crippen molar-refractivity contribution in [3.63, 3.8) is 0 Å². The van der Waals surface area contributed by atoms with Gasteiger partial charge >= 0.3 is 0 Å². The van der Waals surface area contributed by atoms with Crippen molar-refractivity contribution in [3.8, 4) is 17.3 Å². The summed E-state index contributed by atoms with van der Waals surface area (Å²) in [5, 5.41) is 16.9. The third-order valence-electron chi connectivity index (χ3n) is 4.26. The Labute approximate surface area is 162 Å². The number of rotatable bonds is 5. The maximum absolute atomic E-state index is 12.4. The quantitative estimate of drug-likeness (QED) is 0.703. The molecule has 3 rings (SSSR count). The van der Waals surface area contributed by atoms with Crippen LogP contribution in [0.2, 0.25) is 5.02 Å². The van der Waals surface area contributed by atoms with Gasteiger partial charge in [-0.2, -0.15) is 10.4 Å². The molecule has 2 N–H and O–H groups in total. The fourth-order valence-electron chi connectivity index (χ4n) is 2.97. The number of carbonyl (C=O) groups excluding carboxylic acids is 1. The molecule has 1 atom stereocenters. The maximum Gasteiger partial charge on any atom is 0.253 e. The number of H-pyrrole nitrogens is 1. The standard InChI is InChI=1S/C20H20ClN5O/c1-12-8-17(14(3)23-12)20(27)24-13(2)11-26-7-6-19(25-26)15-4-5-16(10-22)18(21)9-15/h4-9,13,23H,11H2,1-3H3,(H,24,27)/t13-/m1/s1. The summed E-state index contributed by atoms with van der Waals surface area (Å²) < 4.78 is 1.78. The third kappa shape index (κ3) is 4.21. The Morgan fingerprint density at radius 1 is 1.37 bits per heavy atom. The lowest BCUT2D eigenvalue weighted by molar-refractivity contribution is 0.0935. The second-order valence-electron chi connectivity index (χ2n) is 6.59. The van der Waals surface area contributed by atoms with Crippen molar-refractivity contribution in [2.24, 2.45) is 0 Å². The molecule has 0 fully saturated rings. The van der Waals surface area contributed by atoms with Crippen LogP contribution in [0.15, 0.2) is 36.5 Å². The Hall–Kier alpha value is -3.04. The maximum atomic E-state index is 12.4. The first kappa shape index (κ1) is 18.7. The molecule has 6 nitrogen and oxygen atoms in total. The molecule has 1 amide bonds. The summed E-state index contributed by atoms with van der Waals surface area (Å²) in [6.07, 6.45) is 1.86. The highest BCUT2D eigenvalue weighted by Gasteiger charge is 2.15. The minimum Gasteiger partial charge on any atom is -0.362 e. The highest BCUT2D eigenvalue weighted by atomic mass is 35.5.